The van der Waals surface area contributed by atoms with E-state index in [1.807, 2.05) is 0 Å². The van der Waals surface area contributed by atoms with Gasteiger partial charge in [0.1, 0.15) is 5.82 Å². The second-order valence-corrected chi connectivity index (χ2v) is 5.97. The van der Waals surface area contributed by atoms with Gasteiger partial charge in [0.05, 0.1) is 11.0 Å². The molecule has 0 spiro atoms. The van der Waals surface area contributed by atoms with Crippen molar-refractivity contribution in [2.75, 3.05) is 6.54 Å². The first kappa shape index (κ1) is 14.1. The molecule has 1 aromatic carbocycles. The molecule has 1 heterocycles. The summed E-state index contributed by atoms with van der Waals surface area (Å²) in [4.78, 5) is 4.78. The van der Waals surface area contributed by atoms with Crippen LogP contribution in [-0.4, -0.2) is 16.1 Å². The van der Waals surface area contributed by atoms with Gasteiger partial charge in [0.25, 0.3) is 0 Å². The van der Waals surface area contributed by atoms with Crippen molar-refractivity contribution >= 4 is 11.0 Å². The van der Waals surface area contributed by atoms with E-state index in [4.69, 9.17) is 10.7 Å². The maximum atomic E-state index is 5.71. The van der Waals surface area contributed by atoms with Gasteiger partial charge in [-0.3, -0.25) is 0 Å². The van der Waals surface area contributed by atoms with Crippen LogP contribution in [-0.2, 0) is 13.0 Å². The van der Waals surface area contributed by atoms with Gasteiger partial charge in [-0.05, 0) is 36.1 Å². The largest absolute Gasteiger partial charge is 0.330 e. The lowest BCUT2D eigenvalue weighted by Crippen LogP contribution is -2.12. The summed E-state index contributed by atoms with van der Waals surface area (Å²) in [5.41, 5.74) is 9.40. The van der Waals surface area contributed by atoms with Crippen LogP contribution in [0.2, 0.25) is 0 Å². The number of nitrogens with two attached hydrogens (primary N) is 1. The van der Waals surface area contributed by atoms with Crippen molar-refractivity contribution in [3.63, 3.8) is 0 Å². The van der Waals surface area contributed by atoms with Crippen molar-refractivity contribution in [3.05, 3.63) is 29.6 Å². The van der Waals surface area contributed by atoms with Crippen LogP contribution in [0.5, 0.6) is 0 Å². The number of hydrogen-bond acceptors (Lipinski definition) is 2. The van der Waals surface area contributed by atoms with Crippen molar-refractivity contribution in [3.8, 4) is 0 Å². The average molecular weight is 259 g/mol. The number of benzene rings is 1. The summed E-state index contributed by atoms with van der Waals surface area (Å²) < 4.78 is 2.33. The van der Waals surface area contributed by atoms with Gasteiger partial charge in [-0.15, -0.1) is 0 Å². The van der Waals surface area contributed by atoms with Crippen molar-refractivity contribution < 1.29 is 0 Å². The van der Waals surface area contributed by atoms with Crippen LogP contribution in [0.4, 0.5) is 0 Å². The lowest BCUT2D eigenvalue weighted by Gasteiger charge is -2.11. The molecule has 3 nitrogen and oxygen atoms in total. The minimum Gasteiger partial charge on any atom is -0.330 e. The molecule has 0 bridgehead atoms. The average Bonchev–Trinajstić information content (AvgIpc) is 2.66. The normalized spacial score (nSPS) is 11.9. The molecule has 0 aliphatic rings. The molecular weight excluding hydrogens is 234 g/mol. The van der Waals surface area contributed by atoms with Crippen molar-refractivity contribution in [2.24, 2.45) is 11.7 Å². The van der Waals surface area contributed by atoms with Gasteiger partial charge in [-0.2, -0.15) is 0 Å². The molecule has 19 heavy (non-hydrogen) atoms. The molecule has 0 aliphatic carbocycles. The SMILES string of the molecule is CC(C)Cn1c(CCN)nc2cc(C(C)C)ccc21. The Balaban J connectivity index is 2.52. The second kappa shape index (κ2) is 5.74. The van der Waals surface area contributed by atoms with Crippen LogP contribution in [0.1, 0.15) is 45.0 Å². The van der Waals surface area contributed by atoms with Crippen molar-refractivity contribution in [1.29, 1.82) is 0 Å². The highest BCUT2D eigenvalue weighted by Gasteiger charge is 2.12. The second-order valence-electron chi connectivity index (χ2n) is 5.97. The highest BCUT2D eigenvalue weighted by molar-refractivity contribution is 5.77. The van der Waals surface area contributed by atoms with Crippen molar-refractivity contribution in [1.82, 2.24) is 9.55 Å². The molecule has 0 radical (unpaired) electrons. The first-order valence-corrected chi connectivity index (χ1v) is 7.22. The van der Waals surface area contributed by atoms with E-state index < -0.39 is 0 Å². The zero-order valence-electron chi connectivity index (χ0n) is 12.5. The molecule has 0 saturated heterocycles. The van der Waals surface area contributed by atoms with Gasteiger partial charge in [-0.1, -0.05) is 33.8 Å². The third-order valence-corrected chi connectivity index (χ3v) is 3.43. The van der Waals surface area contributed by atoms with Gasteiger partial charge >= 0.3 is 0 Å². The Kier molecular flexibility index (Phi) is 4.25. The van der Waals surface area contributed by atoms with E-state index in [2.05, 4.69) is 50.5 Å². The maximum Gasteiger partial charge on any atom is 0.111 e. The molecule has 2 rings (SSSR count). The number of aromatic nitrogens is 2. The van der Waals surface area contributed by atoms with Crippen LogP contribution in [0.3, 0.4) is 0 Å². The highest BCUT2D eigenvalue weighted by Crippen LogP contribution is 2.23. The van der Waals surface area contributed by atoms with E-state index >= 15 is 0 Å². The van der Waals surface area contributed by atoms with Crippen LogP contribution in [0.25, 0.3) is 11.0 Å². The number of rotatable bonds is 5. The van der Waals surface area contributed by atoms with E-state index in [9.17, 15) is 0 Å². The smallest absolute Gasteiger partial charge is 0.111 e. The van der Waals surface area contributed by atoms with Crippen LogP contribution < -0.4 is 5.73 Å². The van der Waals surface area contributed by atoms with Gasteiger partial charge < -0.3 is 10.3 Å². The minimum atomic E-state index is 0.539. The quantitative estimate of drug-likeness (QED) is 0.895. The molecule has 2 aromatic rings. The molecule has 0 aliphatic heterocycles. The summed E-state index contributed by atoms with van der Waals surface area (Å²) in [6, 6.07) is 6.65. The van der Waals surface area contributed by atoms with E-state index in [-0.39, 0.29) is 0 Å². The molecule has 2 N–H and O–H groups in total. The summed E-state index contributed by atoms with van der Waals surface area (Å²) >= 11 is 0. The molecule has 3 heteroatoms. The summed E-state index contributed by atoms with van der Waals surface area (Å²) in [7, 11) is 0. The topological polar surface area (TPSA) is 43.8 Å². The number of fused-ring (bicyclic) bond motifs is 1. The lowest BCUT2D eigenvalue weighted by molar-refractivity contribution is 0.517. The van der Waals surface area contributed by atoms with Crippen LogP contribution in [0.15, 0.2) is 18.2 Å². The monoisotopic (exact) mass is 259 g/mol. The zero-order chi connectivity index (χ0) is 14.0. The zero-order valence-corrected chi connectivity index (χ0v) is 12.5. The lowest BCUT2D eigenvalue weighted by atomic mass is 10.0. The Labute approximate surface area is 115 Å². The van der Waals surface area contributed by atoms with E-state index in [1.54, 1.807) is 0 Å². The fourth-order valence-corrected chi connectivity index (χ4v) is 2.44. The van der Waals surface area contributed by atoms with Gasteiger partial charge in [-0.25, -0.2) is 4.98 Å². The Morgan fingerprint density at radius 2 is 1.95 bits per heavy atom. The minimum absolute atomic E-state index is 0.539. The Bertz CT molecular complexity index is 552. The molecule has 0 fully saturated rings. The number of hydrogen-bond donors (Lipinski definition) is 1. The molecule has 0 unspecified atom stereocenters. The van der Waals surface area contributed by atoms with Crippen molar-refractivity contribution in [2.45, 2.75) is 46.6 Å². The molecule has 1 aromatic heterocycles. The van der Waals surface area contributed by atoms with Crippen LogP contribution >= 0.6 is 0 Å². The van der Waals surface area contributed by atoms with E-state index in [0.29, 0.717) is 18.4 Å². The van der Waals surface area contributed by atoms with Gasteiger partial charge in [0.2, 0.25) is 0 Å². The molecule has 0 amide bonds. The molecular formula is C16H25N3. The summed E-state index contributed by atoms with van der Waals surface area (Å²) in [5.74, 6) is 2.27. The molecule has 0 atom stereocenters. The molecule has 0 saturated carbocycles. The van der Waals surface area contributed by atoms with E-state index in [0.717, 1.165) is 24.3 Å². The van der Waals surface area contributed by atoms with Gasteiger partial charge in [0, 0.05) is 13.0 Å². The predicted molar refractivity (Wildman–Crippen MR) is 81.4 cm³/mol. The first-order valence-electron chi connectivity index (χ1n) is 7.22. The van der Waals surface area contributed by atoms with E-state index in [1.165, 1.54) is 11.1 Å². The molecule has 104 valence electrons. The maximum absolute atomic E-state index is 5.71. The van der Waals surface area contributed by atoms with Gasteiger partial charge in [0.15, 0.2) is 0 Å². The Morgan fingerprint density at radius 1 is 1.21 bits per heavy atom. The fraction of sp³-hybridized carbons (Fsp3) is 0.562. The summed E-state index contributed by atoms with van der Waals surface area (Å²) in [5, 5.41) is 0. The summed E-state index contributed by atoms with van der Waals surface area (Å²) in [6.45, 7) is 10.6. The number of imidazole rings is 1. The predicted octanol–water partition coefficient (Wildman–Crippen LogP) is 3.32. The first-order chi connectivity index (χ1) is 9.02. The highest BCUT2D eigenvalue weighted by atomic mass is 15.1. The summed E-state index contributed by atoms with van der Waals surface area (Å²) in [6.07, 6.45) is 0.846. The Morgan fingerprint density at radius 3 is 2.53 bits per heavy atom. The van der Waals surface area contributed by atoms with Crippen LogP contribution in [0, 0.1) is 5.92 Å². The number of nitrogens with zero attached hydrogens (tertiary/aromatic N) is 2. The third kappa shape index (κ3) is 2.98. The fourth-order valence-electron chi connectivity index (χ4n) is 2.44. The Hall–Kier alpha value is -1.35. The standard InChI is InChI=1S/C16H25N3/c1-11(2)10-19-15-6-5-13(12(3)4)9-14(15)18-16(19)7-8-17/h5-6,9,11-12H,7-8,10,17H2,1-4H3. The third-order valence-electron chi connectivity index (χ3n) is 3.43.